The lowest BCUT2D eigenvalue weighted by atomic mass is 10.6. The van der Waals surface area contributed by atoms with E-state index in [9.17, 15) is 10.2 Å². The van der Waals surface area contributed by atoms with Crippen molar-refractivity contribution in [1.82, 2.24) is 14.5 Å². The van der Waals surface area contributed by atoms with E-state index in [1.165, 1.54) is 24.5 Å². The molecule has 0 saturated heterocycles. The summed E-state index contributed by atoms with van der Waals surface area (Å²) in [4.78, 5) is 7.75. The molecule has 0 bridgehead atoms. The molecule has 0 atom stereocenters. The van der Waals surface area contributed by atoms with Gasteiger partial charge in [-0.15, -0.1) is 0 Å². The molecule has 0 unspecified atom stereocenters. The topological polar surface area (TPSA) is 71.2 Å². The van der Waals surface area contributed by atoms with Crippen LogP contribution >= 0.6 is 0 Å². The second-order valence-corrected chi connectivity index (χ2v) is 2.43. The van der Waals surface area contributed by atoms with Gasteiger partial charge in [0.15, 0.2) is 0 Å². The van der Waals surface area contributed by atoms with Gasteiger partial charge in [0.1, 0.15) is 0 Å². The van der Waals surface area contributed by atoms with Gasteiger partial charge in [-0.1, -0.05) is 0 Å². The largest absolute Gasteiger partial charge is 0.494 e. The van der Waals surface area contributed by atoms with Gasteiger partial charge in [0, 0.05) is 24.5 Å². The molecule has 2 rings (SSSR count). The monoisotopic (exact) mass is 177 g/mol. The predicted octanol–water partition coefficient (Wildman–Crippen LogP) is 0.678. The van der Waals surface area contributed by atoms with Crippen LogP contribution in [0.25, 0.3) is 5.95 Å². The van der Waals surface area contributed by atoms with Crippen LogP contribution < -0.4 is 0 Å². The van der Waals surface area contributed by atoms with E-state index in [4.69, 9.17) is 0 Å². The molecule has 5 heteroatoms. The van der Waals surface area contributed by atoms with Crippen LogP contribution in [0.2, 0.25) is 0 Å². The van der Waals surface area contributed by atoms with Crippen LogP contribution in [0.4, 0.5) is 0 Å². The molecule has 0 radical (unpaired) electrons. The highest BCUT2D eigenvalue weighted by Crippen LogP contribution is 2.23. The third-order valence-corrected chi connectivity index (χ3v) is 1.59. The van der Waals surface area contributed by atoms with Gasteiger partial charge in [0.25, 0.3) is 0 Å². The van der Waals surface area contributed by atoms with Crippen molar-refractivity contribution in [3.8, 4) is 17.7 Å². The van der Waals surface area contributed by atoms with Crippen molar-refractivity contribution < 1.29 is 10.2 Å². The highest BCUT2D eigenvalue weighted by molar-refractivity contribution is 5.32. The molecule has 0 aliphatic heterocycles. The first kappa shape index (κ1) is 7.60. The Kier molecular flexibility index (Phi) is 1.63. The van der Waals surface area contributed by atoms with Crippen molar-refractivity contribution in [2.45, 2.75) is 0 Å². The van der Waals surface area contributed by atoms with Crippen molar-refractivity contribution in [2.24, 2.45) is 0 Å². The first-order chi connectivity index (χ1) is 6.29. The molecule has 13 heavy (non-hydrogen) atoms. The van der Waals surface area contributed by atoms with E-state index in [1.807, 2.05) is 0 Å². The minimum atomic E-state index is -0.0938. The molecule has 66 valence electrons. The summed E-state index contributed by atoms with van der Waals surface area (Å²) in [5, 5.41) is 18.6. The summed E-state index contributed by atoms with van der Waals surface area (Å²) in [6.07, 6.45) is 3.06. The summed E-state index contributed by atoms with van der Waals surface area (Å²) < 4.78 is 1.14. The van der Waals surface area contributed by atoms with Gasteiger partial charge in [0.05, 0.1) is 0 Å². The van der Waals surface area contributed by atoms with Crippen LogP contribution in [0.1, 0.15) is 0 Å². The molecule has 2 N–H and O–H groups in total. The minimum Gasteiger partial charge on any atom is -0.494 e. The summed E-state index contributed by atoms with van der Waals surface area (Å²) in [5.74, 6) is 0.0508. The van der Waals surface area contributed by atoms with Gasteiger partial charge < -0.3 is 10.2 Å². The molecule has 0 fully saturated rings. The fourth-order valence-electron chi connectivity index (χ4n) is 1.03. The van der Waals surface area contributed by atoms with E-state index in [0.29, 0.717) is 0 Å². The van der Waals surface area contributed by atoms with Crippen molar-refractivity contribution in [3.05, 3.63) is 30.6 Å². The molecule has 0 aliphatic rings. The van der Waals surface area contributed by atoms with Crippen molar-refractivity contribution in [2.75, 3.05) is 0 Å². The molecule has 2 heterocycles. The summed E-state index contributed by atoms with van der Waals surface area (Å²) in [6.45, 7) is 0. The maximum absolute atomic E-state index is 9.31. The van der Waals surface area contributed by atoms with E-state index in [2.05, 4.69) is 9.97 Å². The van der Waals surface area contributed by atoms with Gasteiger partial charge in [0.2, 0.25) is 17.7 Å². The van der Waals surface area contributed by atoms with Crippen LogP contribution in [-0.2, 0) is 0 Å². The standard InChI is InChI=1S/C8H7N3O2/c12-6-2-3-7(13)11(6)8-9-4-1-5-10-8/h1-5,12-13H. The Bertz CT molecular complexity index is 391. The second-order valence-electron chi connectivity index (χ2n) is 2.43. The van der Waals surface area contributed by atoms with E-state index < -0.39 is 0 Å². The average molecular weight is 177 g/mol. The van der Waals surface area contributed by atoms with Crippen LogP contribution in [0, 0.1) is 0 Å². The smallest absolute Gasteiger partial charge is 0.239 e. The molecule has 0 amide bonds. The summed E-state index contributed by atoms with van der Waals surface area (Å²) in [6, 6.07) is 4.39. The van der Waals surface area contributed by atoms with Gasteiger partial charge in [-0.3, -0.25) is 0 Å². The molecule has 5 nitrogen and oxygen atoms in total. The molecular formula is C8H7N3O2. The number of aromatic hydroxyl groups is 2. The number of hydrogen-bond donors (Lipinski definition) is 2. The van der Waals surface area contributed by atoms with Gasteiger partial charge >= 0.3 is 0 Å². The highest BCUT2D eigenvalue weighted by Gasteiger charge is 2.08. The molecule has 2 aromatic heterocycles. The normalized spacial score (nSPS) is 10.2. The lowest BCUT2D eigenvalue weighted by Gasteiger charge is -2.02. The van der Waals surface area contributed by atoms with Crippen LogP contribution in [-0.4, -0.2) is 24.7 Å². The Morgan fingerprint density at radius 1 is 1.00 bits per heavy atom. The fourth-order valence-corrected chi connectivity index (χ4v) is 1.03. The van der Waals surface area contributed by atoms with E-state index in [0.717, 1.165) is 4.57 Å². The Morgan fingerprint density at radius 3 is 2.08 bits per heavy atom. The lowest BCUT2D eigenvalue weighted by molar-refractivity contribution is 0.398. The third kappa shape index (κ3) is 1.20. The maximum atomic E-state index is 9.31. The first-order valence-electron chi connectivity index (χ1n) is 3.66. The third-order valence-electron chi connectivity index (χ3n) is 1.59. The maximum Gasteiger partial charge on any atom is 0.239 e. The molecule has 0 saturated carbocycles. The Labute approximate surface area is 73.9 Å². The van der Waals surface area contributed by atoms with Crippen molar-refractivity contribution >= 4 is 0 Å². The van der Waals surface area contributed by atoms with Gasteiger partial charge in [-0.25, -0.2) is 14.5 Å². The van der Waals surface area contributed by atoms with Crippen molar-refractivity contribution in [3.63, 3.8) is 0 Å². The number of aromatic nitrogens is 3. The number of hydrogen-bond acceptors (Lipinski definition) is 4. The number of rotatable bonds is 1. The summed E-state index contributed by atoms with van der Waals surface area (Å²) in [7, 11) is 0. The van der Waals surface area contributed by atoms with Crippen LogP contribution in [0.3, 0.4) is 0 Å². The zero-order valence-corrected chi connectivity index (χ0v) is 6.62. The molecule has 2 aromatic rings. The molecule has 0 aliphatic carbocycles. The van der Waals surface area contributed by atoms with Crippen LogP contribution in [0.5, 0.6) is 11.8 Å². The molecule has 0 spiro atoms. The predicted molar refractivity (Wildman–Crippen MR) is 44.7 cm³/mol. The number of nitrogens with zero attached hydrogens (tertiary/aromatic N) is 3. The Hall–Kier alpha value is -2.04. The van der Waals surface area contributed by atoms with Gasteiger partial charge in [-0.2, -0.15) is 0 Å². The Morgan fingerprint density at radius 2 is 1.54 bits per heavy atom. The zero-order chi connectivity index (χ0) is 9.26. The van der Waals surface area contributed by atoms with E-state index >= 15 is 0 Å². The van der Waals surface area contributed by atoms with E-state index in [1.54, 1.807) is 6.07 Å². The SMILES string of the molecule is Oc1ccc(O)n1-c1ncccn1. The zero-order valence-electron chi connectivity index (χ0n) is 6.62. The summed E-state index contributed by atoms with van der Waals surface area (Å²) in [5.41, 5.74) is 0. The second kappa shape index (κ2) is 2.78. The average Bonchev–Trinajstić information content (AvgIpc) is 2.48. The lowest BCUT2D eigenvalue weighted by Crippen LogP contribution is -1.98. The highest BCUT2D eigenvalue weighted by atomic mass is 16.3. The van der Waals surface area contributed by atoms with Gasteiger partial charge in [-0.05, 0) is 6.07 Å². The molecular weight excluding hydrogens is 170 g/mol. The first-order valence-corrected chi connectivity index (χ1v) is 3.66. The van der Waals surface area contributed by atoms with Crippen molar-refractivity contribution in [1.29, 1.82) is 0 Å². The Balaban J connectivity index is 2.59. The quantitative estimate of drug-likeness (QED) is 0.671. The summed E-state index contributed by atoms with van der Waals surface area (Å²) >= 11 is 0. The molecule has 0 aromatic carbocycles. The fraction of sp³-hybridized carbons (Fsp3) is 0. The van der Waals surface area contributed by atoms with Crippen LogP contribution in [0.15, 0.2) is 30.6 Å². The minimum absolute atomic E-state index is 0.0938. The van der Waals surface area contributed by atoms with E-state index in [-0.39, 0.29) is 17.7 Å².